The Balaban J connectivity index is 2.58. The molecule has 78 valence electrons. The van der Waals surface area contributed by atoms with Crippen molar-refractivity contribution < 1.29 is 0 Å². The second-order valence-electron chi connectivity index (χ2n) is 2.93. The van der Waals surface area contributed by atoms with E-state index in [0.29, 0.717) is 5.69 Å². The number of aromatic nitrogens is 3. The monoisotopic (exact) mass is 222 g/mol. The normalized spacial score (nSPS) is 10.3. The minimum Gasteiger partial charge on any atom is -0.384 e. The van der Waals surface area contributed by atoms with Crippen molar-refractivity contribution >= 4 is 17.0 Å². The average molecular weight is 222 g/mol. The molecule has 2 rings (SSSR count). The predicted molar refractivity (Wildman–Crippen MR) is 59.8 cm³/mol. The lowest BCUT2D eigenvalue weighted by atomic mass is 10.4. The number of aryl methyl sites for hydroxylation is 1. The van der Waals surface area contributed by atoms with Gasteiger partial charge < -0.3 is 5.32 Å². The summed E-state index contributed by atoms with van der Waals surface area (Å²) in [6.45, 7) is 1.89. The third-order valence-electron chi connectivity index (χ3n) is 1.93. The van der Waals surface area contributed by atoms with Crippen molar-refractivity contribution in [1.82, 2.24) is 14.8 Å². The maximum absolute atomic E-state index is 11.8. The molecule has 15 heavy (non-hydrogen) atoms. The maximum atomic E-state index is 11.8. The van der Waals surface area contributed by atoms with E-state index in [9.17, 15) is 4.79 Å². The molecule has 6 heteroatoms. The third kappa shape index (κ3) is 1.75. The number of thiazole rings is 1. The lowest BCUT2D eigenvalue weighted by Gasteiger charge is -2.02. The van der Waals surface area contributed by atoms with Crippen LogP contribution < -0.4 is 10.9 Å². The number of nitrogens with one attached hydrogen (secondary N) is 1. The highest BCUT2D eigenvalue weighted by Crippen LogP contribution is 2.14. The average Bonchev–Trinajstić information content (AvgIpc) is 2.65. The minimum atomic E-state index is -0.163. The number of nitrogens with zero attached hydrogens (tertiary/aromatic N) is 3. The number of rotatable bonds is 2. The van der Waals surface area contributed by atoms with E-state index in [0.717, 1.165) is 10.0 Å². The van der Waals surface area contributed by atoms with Gasteiger partial charge in [-0.3, -0.25) is 4.79 Å². The maximum Gasteiger partial charge on any atom is 0.295 e. The van der Waals surface area contributed by atoms with Gasteiger partial charge >= 0.3 is 0 Å². The van der Waals surface area contributed by atoms with E-state index in [1.165, 1.54) is 16.0 Å². The smallest absolute Gasteiger partial charge is 0.295 e. The van der Waals surface area contributed by atoms with E-state index in [-0.39, 0.29) is 5.56 Å². The molecular formula is C9H10N4OS. The molecule has 2 heterocycles. The number of hydrogen-bond acceptors (Lipinski definition) is 5. The van der Waals surface area contributed by atoms with E-state index in [1.54, 1.807) is 25.5 Å². The summed E-state index contributed by atoms with van der Waals surface area (Å²) in [5.41, 5.74) is 0.361. The van der Waals surface area contributed by atoms with Crippen molar-refractivity contribution in [3.05, 3.63) is 33.8 Å². The Morgan fingerprint density at radius 2 is 2.33 bits per heavy atom. The summed E-state index contributed by atoms with van der Waals surface area (Å²) in [6, 6.07) is 1.65. The van der Waals surface area contributed by atoms with E-state index < -0.39 is 0 Å². The summed E-state index contributed by atoms with van der Waals surface area (Å²) in [7, 11) is 1.71. The topological polar surface area (TPSA) is 59.8 Å². The van der Waals surface area contributed by atoms with Crippen LogP contribution in [0, 0.1) is 6.92 Å². The van der Waals surface area contributed by atoms with Gasteiger partial charge in [0.15, 0.2) is 0 Å². The molecule has 0 radical (unpaired) electrons. The van der Waals surface area contributed by atoms with Crippen LogP contribution in [-0.4, -0.2) is 21.8 Å². The van der Waals surface area contributed by atoms with E-state index in [2.05, 4.69) is 15.4 Å². The molecule has 0 fully saturated rings. The van der Waals surface area contributed by atoms with E-state index >= 15 is 0 Å². The molecule has 0 spiro atoms. The Labute approximate surface area is 90.4 Å². The second kappa shape index (κ2) is 3.82. The molecule has 2 aromatic heterocycles. The van der Waals surface area contributed by atoms with Crippen molar-refractivity contribution in [2.45, 2.75) is 6.92 Å². The quantitative estimate of drug-likeness (QED) is 0.824. The zero-order valence-electron chi connectivity index (χ0n) is 8.39. The van der Waals surface area contributed by atoms with Crippen LogP contribution in [0.3, 0.4) is 0 Å². The fraction of sp³-hybridized carbons (Fsp3) is 0.222. The van der Waals surface area contributed by atoms with Crippen LogP contribution in [-0.2, 0) is 0 Å². The number of anilines is 1. The van der Waals surface area contributed by atoms with Gasteiger partial charge in [-0.2, -0.15) is 9.78 Å². The molecule has 0 bridgehead atoms. The van der Waals surface area contributed by atoms with Crippen molar-refractivity contribution in [2.24, 2.45) is 0 Å². The van der Waals surface area contributed by atoms with Crippen molar-refractivity contribution in [1.29, 1.82) is 0 Å². The molecule has 0 amide bonds. The molecule has 0 saturated heterocycles. The van der Waals surface area contributed by atoms with Crippen LogP contribution in [0.1, 0.15) is 5.01 Å². The third-order valence-corrected chi connectivity index (χ3v) is 2.82. The van der Waals surface area contributed by atoms with Crippen molar-refractivity contribution in [3.63, 3.8) is 0 Å². The SMILES string of the molecule is CNc1ccnn(-c2cnc(C)s2)c1=O. The highest BCUT2D eigenvalue weighted by molar-refractivity contribution is 7.14. The summed E-state index contributed by atoms with van der Waals surface area (Å²) >= 11 is 1.44. The summed E-state index contributed by atoms with van der Waals surface area (Å²) < 4.78 is 1.34. The van der Waals surface area contributed by atoms with Crippen LogP contribution >= 0.6 is 11.3 Å². The van der Waals surface area contributed by atoms with Gasteiger partial charge in [-0.1, -0.05) is 11.3 Å². The minimum absolute atomic E-state index is 0.163. The Bertz CT molecular complexity index is 531. The standard InChI is InChI=1S/C9H10N4OS/c1-6-11-5-8(15-6)13-9(14)7(10-2)3-4-12-13/h3-5,10H,1-2H3. The molecular weight excluding hydrogens is 212 g/mol. The van der Waals surface area contributed by atoms with Crippen LogP contribution in [0.25, 0.3) is 5.00 Å². The van der Waals surface area contributed by atoms with Crippen LogP contribution in [0.5, 0.6) is 0 Å². The zero-order chi connectivity index (χ0) is 10.8. The molecule has 0 saturated carbocycles. The van der Waals surface area contributed by atoms with Crippen LogP contribution in [0.15, 0.2) is 23.3 Å². The van der Waals surface area contributed by atoms with Gasteiger partial charge in [0.1, 0.15) is 10.7 Å². The number of hydrogen-bond donors (Lipinski definition) is 1. The first kappa shape index (κ1) is 9.85. The summed E-state index contributed by atoms with van der Waals surface area (Å²) in [6.07, 6.45) is 3.23. The second-order valence-corrected chi connectivity index (χ2v) is 4.14. The highest BCUT2D eigenvalue weighted by Gasteiger charge is 2.06. The zero-order valence-corrected chi connectivity index (χ0v) is 9.21. The summed E-state index contributed by atoms with van der Waals surface area (Å²) in [4.78, 5) is 15.9. The Kier molecular flexibility index (Phi) is 2.51. The first-order valence-electron chi connectivity index (χ1n) is 4.41. The van der Waals surface area contributed by atoms with Gasteiger partial charge in [0, 0.05) is 7.05 Å². The summed E-state index contributed by atoms with van der Waals surface area (Å²) in [5, 5.41) is 8.47. The molecule has 0 atom stereocenters. The van der Waals surface area contributed by atoms with Gasteiger partial charge in [0.25, 0.3) is 5.56 Å². The van der Waals surface area contributed by atoms with Gasteiger partial charge in [-0.25, -0.2) is 4.98 Å². The lowest BCUT2D eigenvalue weighted by Crippen LogP contribution is -2.22. The first-order valence-corrected chi connectivity index (χ1v) is 5.23. The van der Waals surface area contributed by atoms with E-state index in [1.807, 2.05) is 6.92 Å². The molecule has 2 aromatic rings. The van der Waals surface area contributed by atoms with Crippen LogP contribution in [0.2, 0.25) is 0 Å². The molecule has 0 aliphatic heterocycles. The molecule has 5 nitrogen and oxygen atoms in total. The molecule has 0 unspecified atom stereocenters. The van der Waals surface area contributed by atoms with Gasteiger partial charge in [0.05, 0.1) is 17.4 Å². The Morgan fingerprint density at radius 3 is 2.93 bits per heavy atom. The van der Waals surface area contributed by atoms with Gasteiger partial charge in [-0.05, 0) is 13.0 Å². The molecule has 0 aliphatic rings. The fourth-order valence-electron chi connectivity index (χ4n) is 1.21. The first-order chi connectivity index (χ1) is 7.22. The highest BCUT2D eigenvalue weighted by atomic mass is 32.1. The van der Waals surface area contributed by atoms with Gasteiger partial charge in [0.2, 0.25) is 0 Å². The predicted octanol–water partition coefficient (Wildman–Crippen LogP) is 1.04. The Hall–Kier alpha value is -1.69. The van der Waals surface area contributed by atoms with Crippen molar-refractivity contribution in [2.75, 3.05) is 12.4 Å². The Morgan fingerprint density at radius 1 is 1.53 bits per heavy atom. The largest absolute Gasteiger partial charge is 0.384 e. The van der Waals surface area contributed by atoms with E-state index in [4.69, 9.17) is 0 Å². The molecule has 1 N–H and O–H groups in total. The van der Waals surface area contributed by atoms with Gasteiger partial charge in [-0.15, -0.1) is 0 Å². The van der Waals surface area contributed by atoms with Crippen molar-refractivity contribution in [3.8, 4) is 5.00 Å². The lowest BCUT2D eigenvalue weighted by molar-refractivity contribution is 0.820. The fourth-order valence-corrected chi connectivity index (χ4v) is 1.94. The molecule has 0 aliphatic carbocycles. The summed E-state index contributed by atoms with van der Waals surface area (Å²) in [5.74, 6) is 0. The van der Waals surface area contributed by atoms with Crippen LogP contribution in [0.4, 0.5) is 5.69 Å². The molecule has 0 aromatic carbocycles.